The number of carboxylic acids is 1. The molecule has 0 bridgehead atoms. The Balaban J connectivity index is 2.19. The zero-order valence-corrected chi connectivity index (χ0v) is 9.84. The molecule has 4 heteroatoms. The minimum atomic E-state index is -0.912. The highest BCUT2D eigenvalue weighted by molar-refractivity contribution is 5.88. The van der Waals surface area contributed by atoms with Gasteiger partial charge in [0.05, 0.1) is 17.7 Å². The number of carboxylic acid groups (broad SMARTS) is 1. The highest BCUT2D eigenvalue weighted by atomic mass is 16.4. The van der Waals surface area contributed by atoms with E-state index >= 15 is 0 Å². The number of carbonyl (C=O) groups is 1. The van der Waals surface area contributed by atoms with E-state index in [1.165, 1.54) is 0 Å². The quantitative estimate of drug-likeness (QED) is 0.837. The smallest absolute Gasteiger partial charge is 0.335 e. The summed E-state index contributed by atoms with van der Waals surface area (Å²) in [5, 5.41) is 18.5. The summed E-state index contributed by atoms with van der Waals surface area (Å²) in [7, 11) is 0. The van der Waals surface area contributed by atoms with Crippen LogP contribution in [0.4, 0.5) is 5.69 Å². The number of hydrogen-bond donors (Lipinski definition) is 2. The Morgan fingerprint density at radius 1 is 1.41 bits per heavy atom. The zero-order valence-electron chi connectivity index (χ0n) is 9.84. The van der Waals surface area contributed by atoms with Crippen LogP contribution in [0.3, 0.4) is 0 Å². The number of aliphatic hydroxyl groups excluding tert-OH is 1. The van der Waals surface area contributed by atoms with Crippen LogP contribution in [0.25, 0.3) is 0 Å². The van der Waals surface area contributed by atoms with E-state index in [4.69, 9.17) is 5.11 Å². The molecule has 0 aliphatic carbocycles. The molecule has 0 spiro atoms. The predicted molar refractivity (Wildman–Crippen MR) is 65.5 cm³/mol. The molecule has 1 saturated heterocycles. The van der Waals surface area contributed by atoms with E-state index < -0.39 is 5.97 Å². The van der Waals surface area contributed by atoms with Gasteiger partial charge >= 0.3 is 5.97 Å². The third-order valence-electron chi connectivity index (χ3n) is 3.30. The zero-order chi connectivity index (χ0) is 12.4. The van der Waals surface area contributed by atoms with E-state index in [2.05, 4.69) is 4.90 Å². The fourth-order valence-electron chi connectivity index (χ4n) is 2.41. The molecule has 1 aromatic rings. The van der Waals surface area contributed by atoms with Crippen LogP contribution < -0.4 is 4.90 Å². The van der Waals surface area contributed by atoms with Crippen LogP contribution in [-0.4, -0.2) is 34.9 Å². The Morgan fingerprint density at radius 2 is 2.06 bits per heavy atom. The van der Waals surface area contributed by atoms with Crippen molar-refractivity contribution in [2.75, 3.05) is 11.4 Å². The number of rotatable bonds is 3. The molecule has 0 unspecified atom stereocenters. The molecule has 1 heterocycles. The number of hydrogen-bond acceptors (Lipinski definition) is 3. The van der Waals surface area contributed by atoms with Gasteiger partial charge < -0.3 is 15.1 Å². The van der Waals surface area contributed by atoms with Gasteiger partial charge in [-0.2, -0.15) is 0 Å². The van der Waals surface area contributed by atoms with Crippen LogP contribution in [0.15, 0.2) is 24.3 Å². The van der Waals surface area contributed by atoms with Gasteiger partial charge in [0.2, 0.25) is 0 Å². The van der Waals surface area contributed by atoms with E-state index in [9.17, 15) is 9.90 Å². The normalized spacial score (nSPS) is 21.5. The minimum absolute atomic E-state index is 0.144. The van der Waals surface area contributed by atoms with Gasteiger partial charge in [-0.25, -0.2) is 4.79 Å². The summed E-state index contributed by atoms with van der Waals surface area (Å²) in [4.78, 5) is 12.9. The predicted octanol–water partition coefficient (Wildman–Crippen LogP) is 1.73. The second-order valence-electron chi connectivity index (χ2n) is 4.50. The first-order valence-corrected chi connectivity index (χ1v) is 5.87. The molecule has 1 fully saturated rings. The topological polar surface area (TPSA) is 60.8 Å². The lowest BCUT2D eigenvalue weighted by Crippen LogP contribution is -2.37. The van der Waals surface area contributed by atoms with Crippen LogP contribution in [0, 0.1) is 0 Å². The average molecular weight is 235 g/mol. The fraction of sp³-hybridized carbons (Fsp3) is 0.462. The largest absolute Gasteiger partial charge is 0.478 e. The number of aliphatic hydroxyl groups is 1. The Morgan fingerprint density at radius 3 is 2.59 bits per heavy atom. The summed E-state index contributed by atoms with van der Waals surface area (Å²) in [5.74, 6) is -0.912. The van der Waals surface area contributed by atoms with Crippen molar-refractivity contribution in [1.29, 1.82) is 0 Å². The van der Waals surface area contributed by atoms with Crippen LogP contribution in [-0.2, 0) is 0 Å². The molecule has 0 aromatic heterocycles. The molecule has 92 valence electrons. The fourth-order valence-corrected chi connectivity index (χ4v) is 2.41. The molecule has 4 nitrogen and oxygen atoms in total. The Labute approximate surface area is 100 Å². The third kappa shape index (κ3) is 2.42. The molecule has 2 N–H and O–H groups in total. The van der Waals surface area contributed by atoms with E-state index in [-0.39, 0.29) is 12.1 Å². The molecule has 0 amide bonds. The Bertz CT molecular complexity index is 400. The summed E-state index contributed by atoms with van der Waals surface area (Å²) in [6.07, 6.45) is 1.69. The van der Waals surface area contributed by atoms with Crippen LogP contribution in [0.2, 0.25) is 0 Å². The number of aromatic carboxylic acids is 1. The molecule has 1 aromatic carbocycles. The maximum atomic E-state index is 10.8. The van der Waals surface area contributed by atoms with E-state index in [0.717, 1.165) is 25.1 Å². The van der Waals surface area contributed by atoms with Crippen molar-refractivity contribution in [3.8, 4) is 0 Å². The van der Waals surface area contributed by atoms with Gasteiger partial charge in [0.25, 0.3) is 0 Å². The third-order valence-corrected chi connectivity index (χ3v) is 3.30. The standard InChI is InChI=1S/C13H17NO3/c1-9(15)12-3-2-8-14(12)11-6-4-10(5-7-11)13(16)17/h4-7,9,12,15H,2-3,8H2,1H3,(H,16,17)/t9-,12-/m1/s1. The summed E-state index contributed by atoms with van der Waals surface area (Å²) in [5.41, 5.74) is 1.28. The summed E-state index contributed by atoms with van der Waals surface area (Å²) in [6, 6.07) is 6.98. The maximum Gasteiger partial charge on any atom is 0.335 e. The first-order chi connectivity index (χ1) is 8.09. The second-order valence-corrected chi connectivity index (χ2v) is 4.50. The monoisotopic (exact) mass is 235 g/mol. The number of anilines is 1. The lowest BCUT2D eigenvalue weighted by molar-refractivity contribution is 0.0697. The van der Waals surface area contributed by atoms with Crippen molar-refractivity contribution in [1.82, 2.24) is 0 Å². The molecule has 0 radical (unpaired) electrons. The second kappa shape index (κ2) is 4.75. The molecular weight excluding hydrogens is 218 g/mol. The van der Waals surface area contributed by atoms with Gasteiger partial charge in [-0.05, 0) is 44.0 Å². The van der Waals surface area contributed by atoms with Crippen molar-refractivity contribution in [3.63, 3.8) is 0 Å². The number of benzene rings is 1. The van der Waals surface area contributed by atoms with E-state index in [1.54, 1.807) is 19.1 Å². The van der Waals surface area contributed by atoms with E-state index in [0.29, 0.717) is 5.56 Å². The van der Waals surface area contributed by atoms with Crippen molar-refractivity contribution in [2.45, 2.75) is 31.9 Å². The lowest BCUT2D eigenvalue weighted by atomic mass is 10.1. The summed E-state index contributed by atoms with van der Waals surface area (Å²) >= 11 is 0. The van der Waals surface area contributed by atoms with Crippen LogP contribution >= 0.6 is 0 Å². The summed E-state index contributed by atoms with van der Waals surface area (Å²) in [6.45, 7) is 2.72. The van der Waals surface area contributed by atoms with Gasteiger partial charge in [0.15, 0.2) is 0 Å². The first kappa shape index (κ1) is 11.9. The molecular formula is C13H17NO3. The lowest BCUT2D eigenvalue weighted by Gasteiger charge is -2.28. The summed E-state index contributed by atoms with van der Waals surface area (Å²) < 4.78 is 0. The van der Waals surface area contributed by atoms with Gasteiger partial charge in [0.1, 0.15) is 0 Å². The first-order valence-electron chi connectivity index (χ1n) is 5.87. The number of nitrogens with zero attached hydrogens (tertiary/aromatic N) is 1. The van der Waals surface area contributed by atoms with Crippen molar-refractivity contribution < 1.29 is 15.0 Å². The molecule has 1 aliphatic rings. The van der Waals surface area contributed by atoms with Crippen LogP contribution in [0.5, 0.6) is 0 Å². The molecule has 0 saturated carbocycles. The minimum Gasteiger partial charge on any atom is -0.478 e. The Kier molecular flexibility index (Phi) is 3.33. The molecule has 17 heavy (non-hydrogen) atoms. The van der Waals surface area contributed by atoms with E-state index in [1.807, 2.05) is 12.1 Å². The SMILES string of the molecule is C[C@@H](O)[C@H]1CCCN1c1ccc(C(=O)O)cc1. The van der Waals surface area contributed by atoms with Gasteiger partial charge in [-0.1, -0.05) is 0 Å². The highest BCUT2D eigenvalue weighted by Gasteiger charge is 2.28. The highest BCUT2D eigenvalue weighted by Crippen LogP contribution is 2.27. The van der Waals surface area contributed by atoms with Gasteiger partial charge in [0, 0.05) is 12.2 Å². The molecule has 2 rings (SSSR count). The molecule has 1 aliphatic heterocycles. The van der Waals surface area contributed by atoms with Crippen molar-refractivity contribution in [3.05, 3.63) is 29.8 Å². The maximum absolute atomic E-state index is 10.8. The average Bonchev–Trinajstić information content (AvgIpc) is 2.78. The van der Waals surface area contributed by atoms with Crippen molar-refractivity contribution in [2.24, 2.45) is 0 Å². The molecule has 2 atom stereocenters. The van der Waals surface area contributed by atoms with Gasteiger partial charge in [-0.15, -0.1) is 0 Å². The van der Waals surface area contributed by atoms with Crippen molar-refractivity contribution >= 4 is 11.7 Å². The van der Waals surface area contributed by atoms with Gasteiger partial charge in [-0.3, -0.25) is 0 Å². The Hall–Kier alpha value is -1.55. The van der Waals surface area contributed by atoms with Crippen LogP contribution in [0.1, 0.15) is 30.1 Å².